The SMILES string of the molecule is CCNC(c1cncc(Br)c1)c1ccc(C)c(C)c1OC. The minimum Gasteiger partial charge on any atom is -0.496 e. The summed E-state index contributed by atoms with van der Waals surface area (Å²) < 4.78 is 6.64. The van der Waals surface area contributed by atoms with Crippen molar-refractivity contribution in [1.82, 2.24) is 10.3 Å². The van der Waals surface area contributed by atoms with Gasteiger partial charge in [0.2, 0.25) is 0 Å². The molecule has 112 valence electrons. The zero-order chi connectivity index (χ0) is 15.4. The summed E-state index contributed by atoms with van der Waals surface area (Å²) in [5.74, 6) is 0.945. The van der Waals surface area contributed by atoms with Crippen LogP contribution < -0.4 is 10.1 Å². The maximum Gasteiger partial charge on any atom is 0.127 e. The summed E-state index contributed by atoms with van der Waals surface area (Å²) in [6.07, 6.45) is 3.69. The van der Waals surface area contributed by atoms with Crippen LogP contribution in [0, 0.1) is 13.8 Å². The topological polar surface area (TPSA) is 34.2 Å². The highest BCUT2D eigenvalue weighted by Crippen LogP contribution is 2.34. The number of pyridine rings is 1. The number of benzene rings is 1. The van der Waals surface area contributed by atoms with Gasteiger partial charge in [0.1, 0.15) is 5.75 Å². The average Bonchev–Trinajstić information content (AvgIpc) is 2.48. The fourth-order valence-electron chi connectivity index (χ4n) is 2.51. The molecule has 4 heteroatoms. The monoisotopic (exact) mass is 348 g/mol. The van der Waals surface area contributed by atoms with Gasteiger partial charge in [-0.2, -0.15) is 0 Å². The Morgan fingerprint density at radius 3 is 2.67 bits per heavy atom. The van der Waals surface area contributed by atoms with Crippen LogP contribution in [0.15, 0.2) is 35.1 Å². The van der Waals surface area contributed by atoms with Crippen molar-refractivity contribution in [2.24, 2.45) is 0 Å². The number of methoxy groups -OCH3 is 1. The molecular weight excluding hydrogens is 328 g/mol. The van der Waals surface area contributed by atoms with Gasteiger partial charge in [0, 0.05) is 22.4 Å². The molecule has 0 saturated carbocycles. The number of rotatable bonds is 5. The van der Waals surface area contributed by atoms with E-state index in [1.165, 1.54) is 11.1 Å². The van der Waals surface area contributed by atoms with E-state index in [0.717, 1.165) is 27.9 Å². The molecule has 1 N–H and O–H groups in total. The molecule has 1 atom stereocenters. The van der Waals surface area contributed by atoms with Crippen LogP contribution in [0.25, 0.3) is 0 Å². The van der Waals surface area contributed by atoms with Gasteiger partial charge in [-0.25, -0.2) is 0 Å². The molecule has 0 fully saturated rings. The lowest BCUT2D eigenvalue weighted by Crippen LogP contribution is -2.23. The van der Waals surface area contributed by atoms with Gasteiger partial charge in [-0.3, -0.25) is 4.98 Å². The molecule has 0 amide bonds. The van der Waals surface area contributed by atoms with Crippen LogP contribution in [0.1, 0.15) is 35.2 Å². The van der Waals surface area contributed by atoms with E-state index in [4.69, 9.17) is 4.74 Å². The quantitative estimate of drug-likeness (QED) is 0.880. The van der Waals surface area contributed by atoms with Gasteiger partial charge in [0.25, 0.3) is 0 Å². The van der Waals surface area contributed by atoms with Crippen LogP contribution in [0.3, 0.4) is 0 Å². The van der Waals surface area contributed by atoms with Crippen molar-refractivity contribution in [1.29, 1.82) is 0 Å². The summed E-state index contributed by atoms with van der Waals surface area (Å²) in [6, 6.07) is 6.43. The summed E-state index contributed by atoms with van der Waals surface area (Å²) in [5.41, 5.74) is 4.68. The largest absolute Gasteiger partial charge is 0.496 e. The van der Waals surface area contributed by atoms with E-state index in [-0.39, 0.29) is 6.04 Å². The minimum atomic E-state index is 0.0641. The number of aryl methyl sites for hydroxylation is 1. The van der Waals surface area contributed by atoms with Gasteiger partial charge in [0.15, 0.2) is 0 Å². The molecule has 1 aromatic heterocycles. The van der Waals surface area contributed by atoms with Gasteiger partial charge in [0.05, 0.1) is 13.2 Å². The Hall–Kier alpha value is -1.39. The highest BCUT2D eigenvalue weighted by Gasteiger charge is 2.20. The van der Waals surface area contributed by atoms with Crippen LogP contribution in [-0.2, 0) is 0 Å². The van der Waals surface area contributed by atoms with Crippen molar-refractivity contribution >= 4 is 15.9 Å². The third-order valence-corrected chi connectivity index (χ3v) is 4.12. The third kappa shape index (κ3) is 3.44. The molecule has 3 nitrogen and oxygen atoms in total. The molecule has 0 spiro atoms. The number of nitrogens with one attached hydrogen (secondary N) is 1. The first-order valence-corrected chi connectivity index (χ1v) is 7.85. The number of hydrogen-bond donors (Lipinski definition) is 1. The molecule has 1 aromatic carbocycles. The molecule has 0 saturated heterocycles. The van der Waals surface area contributed by atoms with Gasteiger partial charge in [-0.05, 0) is 59.1 Å². The molecule has 0 bridgehead atoms. The van der Waals surface area contributed by atoms with Crippen LogP contribution in [0.4, 0.5) is 0 Å². The Balaban J connectivity index is 2.55. The van der Waals surface area contributed by atoms with Crippen LogP contribution in [-0.4, -0.2) is 18.6 Å². The Kier molecular flexibility index (Phi) is 5.37. The molecule has 2 aromatic rings. The molecule has 0 radical (unpaired) electrons. The van der Waals surface area contributed by atoms with E-state index in [1.807, 2.05) is 6.20 Å². The summed E-state index contributed by atoms with van der Waals surface area (Å²) in [6.45, 7) is 7.17. The van der Waals surface area contributed by atoms with Gasteiger partial charge >= 0.3 is 0 Å². The van der Waals surface area contributed by atoms with E-state index in [1.54, 1.807) is 13.3 Å². The van der Waals surface area contributed by atoms with Crippen molar-refractivity contribution in [3.63, 3.8) is 0 Å². The predicted molar refractivity (Wildman–Crippen MR) is 89.9 cm³/mol. The standard InChI is InChI=1S/C17H21BrN2O/c1-5-20-16(13-8-14(18)10-19-9-13)15-7-6-11(2)12(3)17(15)21-4/h6-10,16,20H,5H2,1-4H3. The maximum atomic E-state index is 5.66. The van der Waals surface area contributed by atoms with E-state index in [2.05, 4.69) is 65.2 Å². The molecule has 21 heavy (non-hydrogen) atoms. The van der Waals surface area contributed by atoms with E-state index >= 15 is 0 Å². The van der Waals surface area contributed by atoms with E-state index in [0.29, 0.717) is 0 Å². The van der Waals surface area contributed by atoms with Crippen molar-refractivity contribution < 1.29 is 4.74 Å². The first-order chi connectivity index (χ1) is 10.1. The first-order valence-electron chi connectivity index (χ1n) is 7.06. The molecule has 0 aliphatic carbocycles. The molecule has 0 aliphatic heterocycles. The number of hydrogen-bond acceptors (Lipinski definition) is 3. The Bertz CT molecular complexity index is 628. The van der Waals surface area contributed by atoms with E-state index < -0.39 is 0 Å². The second-order valence-corrected chi connectivity index (χ2v) is 5.97. The second-order valence-electron chi connectivity index (χ2n) is 5.06. The normalized spacial score (nSPS) is 12.2. The maximum absolute atomic E-state index is 5.66. The second kappa shape index (κ2) is 7.05. The smallest absolute Gasteiger partial charge is 0.127 e. The van der Waals surface area contributed by atoms with E-state index in [9.17, 15) is 0 Å². The summed E-state index contributed by atoms with van der Waals surface area (Å²) in [5, 5.41) is 3.52. The summed E-state index contributed by atoms with van der Waals surface area (Å²) >= 11 is 3.49. The highest BCUT2D eigenvalue weighted by atomic mass is 79.9. The van der Waals surface area contributed by atoms with Crippen molar-refractivity contribution in [3.8, 4) is 5.75 Å². The van der Waals surface area contributed by atoms with Crippen LogP contribution >= 0.6 is 15.9 Å². The third-order valence-electron chi connectivity index (χ3n) is 3.69. The van der Waals surface area contributed by atoms with Crippen LogP contribution in [0.2, 0.25) is 0 Å². The number of aromatic nitrogens is 1. The highest BCUT2D eigenvalue weighted by molar-refractivity contribution is 9.10. The fourth-order valence-corrected chi connectivity index (χ4v) is 2.89. The molecule has 0 aliphatic rings. The predicted octanol–water partition coefficient (Wildman–Crippen LogP) is 4.17. The zero-order valence-electron chi connectivity index (χ0n) is 12.9. The number of ether oxygens (including phenoxy) is 1. The van der Waals surface area contributed by atoms with Crippen LogP contribution in [0.5, 0.6) is 5.75 Å². The lowest BCUT2D eigenvalue weighted by Gasteiger charge is -2.23. The first kappa shape index (κ1) is 16.0. The average molecular weight is 349 g/mol. The molecule has 2 rings (SSSR count). The van der Waals surface area contributed by atoms with Gasteiger partial charge in [-0.15, -0.1) is 0 Å². The Labute approximate surface area is 134 Å². The zero-order valence-corrected chi connectivity index (χ0v) is 14.5. The van der Waals surface area contributed by atoms with Crippen molar-refractivity contribution in [3.05, 3.63) is 57.3 Å². The fraction of sp³-hybridized carbons (Fsp3) is 0.353. The Morgan fingerprint density at radius 1 is 1.29 bits per heavy atom. The van der Waals surface area contributed by atoms with Gasteiger partial charge in [-0.1, -0.05) is 19.1 Å². The number of halogens is 1. The Morgan fingerprint density at radius 2 is 2.05 bits per heavy atom. The minimum absolute atomic E-state index is 0.0641. The molecular formula is C17H21BrN2O. The lowest BCUT2D eigenvalue weighted by atomic mass is 9.95. The molecule has 1 unspecified atom stereocenters. The van der Waals surface area contributed by atoms with Gasteiger partial charge < -0.3 is 10.1 Å². The summed E-state index contributed by atoms with van der Waals surface area (Å²) in [4.78, 5) is 4.28. The number of nitrogens with zero attached hydrogens (tertiary/aromatic N) is 1. The molecule has 1 heterocycles. The summed E-state index contributed by atoms with van der Waals surface area (Å²) in [7, 11) is 1.73. The lowest BCUT2D eigenvalue weighted by molar-refractivity contribution is 0.401. The van der Waals surface area contributed by atoms with Crippen molar-refractivity contribution in [2.75, 3.05) is 13.7 Å². The van der Waals surface area contributed by atoms with Crippen molar-refractivity contribution in [2.45, 2.75) is 26.8 Å².